The number of hydrogen-bond acceptors (Lipinski definition) is 5. The van der Waals surface area contributed by atoms with Crippen LogP contribution in [0.2, 0.25) is 0 Å². The van der Waals surface area contributed by atoms with Gasteiger partial charge in [-0.2, -0.15) is 0 Å². The molecule has 158 valence electrons. The molecule has 2 heterocycles. The second-order valence-electron chi connectivity index (χ2n) is 8.23. The average Bonchev–Trinajstić information content (AvgIpc) is 3.39. The number of hydrogen-bond donors (Lipinski definition) is 0. The van der Waals surface area contributed by atoms with Gasteiger partial charge in [-0.15, -0.1) is 0 Å². The van der Waals surface area contributed by atoms with E-state index in [4.69, 9.17) is 9.26 Å². The minimum Gasteiger partial charge on any atom is -0.494 e. The van der Waals surface area contributed by atoms with Gasteiger partial charge in [0.25, 0.3) is 0 Å². The molecule has 0 bridgehead atoms. The van der Waals surface area contributed by atoms with Gasteiger partial charge < -0.3 is 9.26 Å². The van der Waals surface area contributed by atoms with Crippen molar-refractivity contribution in [3.05, 3.63) is 77.4 Å². The Hall–Kier alpha value is -2.66. The summed E-state index contributed by atoms with van der Waals surface area (Å²) in [7, 11) is 0. The molecule has 0 aliphatic heterocycles. The first-order valence-electron chi connectivity index (χ1n) is 11.0. The maximum atomic E-state index is 5.61. The molecule has 0 amide bonds. The molecule has 0 N–H and O–H groups in total. The Morgan fingerprint density at radius 2 is 1.77 bits per heavy atom. The van der Waals surface area contributed by atoms with E-state index < -0.39 is 0 Å². The van der Waals surface area contributed by atoms with Crippen molar-refractivity contribution in [2.75, 3.05) is 6.61 Å². The van der Waals surface area contributed by atoms with Gasteiger partial charge in [-0.05, 0) is 68.0 Å². The zero-order valence-electron chi connectivity index (χ0n) is 18.0. The summed E-state index contributed by atoms with van der Waals surface area (Å²) in [5.74, 6) is 2.53. The van der Waals surface area contributed by atoms with Crippen molar-refractivity contribution in [1.82, 2.24) is 15.0 Å². The van der Waals surface area contributed by atoms with Gasteiger partial charge >= 0.3 is 0 Å². The van der Waals surface area contributed by atoms with Crippen molar-refractivity contribution in [2.24, 2.45) is 5.92 Å². The highest BCUT2D eigenvalue weighted by Gasteiger charge is 2.33. The molecule has 0 spiro atoms. The van der Waals surface area contributed by atoms with Crippen LogP contribution in [0.3, 0.4) is 0 Å². The maximum Gasteiger partial charge on any atom is 0.137 e. The second kappa shape index (κ2) is 9.90. The largest absolute Gasteiger partial charge is 0.494 e. The van der Waals surface area contributed by atoms with Crippen LogP contribution in [-0.4, -0.2) is 27.7 Å². The van der Waals surface area contributed by atoms with Crippen LogP contribution < -0.4 is 4.74 Å². The Labute approximate surface area is 179 Å². The van der Waals surface area contributed by atoms with Gasteiger partial charge in [0, 0.05) is 44.0 Å². The number of aromatic nitrogens is 2. The number of rotatable bonds is 9. The molecule has 30 heavy (non-hydrogen) atoms. The van der Waals surface area contributed by atoms with Gasteiger partial charge in [-0.25, -0.2) is 0 Å². The molecule has 0 saturated heterocycles. The summed E-state index contributed by atoms with van der Waals surface area (Å²) in [6, 6.07) is 15.4. The van der Waals surface area contributed by atoms with Crippen molar-refractivity contribution in [3.63, 3.8) is 0 Å². The van der Waals surface area contributed by atoms with Crippen molar-refractivity contribution in [1.29, 1.82) is 0 Å². The first-order chi connectivity index (χ1) is 14.7. The van der Waals surface area contributed by atoms with E-state index in [9.17, 15) is 0 Å². The summed E-state index contributed by atoms with van der Waals surface area (Å²) in [6.07, 6.45) is 8.45. The maximum absolute atomic E-state index is 5.61. The van der Waals surface area contributed by atoms with Crippen LogP contribution in [-0.2, 0) is 19.5 Å². The third-order valence-electron chi connectivity index (χ3n) is 5.98. The van der Waals surface area contributed by atoms with Crippen LogP contribution in [0.4, 0.5) is 0 Å². The van der Waals surface area contributed by atoms with E-state index in [1.807, 2.05) is 26.2 Å². The molecule has 0 unspecified atom stereocenters. The SMILES string of the molecule is CCOc1ccc(CN(Cc2ccncc2)[C@@H]2CCC[C@H]2Cc2cc(C)no2)cc1. The van der Waals surface area contributed by atoms with Crippen LogP contribution >= 0.6 is 0 Å². The van der Waals surface area contributed by atoms with E-state index in [0.29, 0.717) is 18.6 Å². The predicted molar refractivity (Wildman–Crippen MR) is 117 cm³/mol. The highest BCUT2D eigenvalue weighted by atomic mass is 16.5. The van der Waals surface area contributed by atoms with Gasteiger partial charge in [0.1, 0.15) is 11.5 Å². The smallest absolute Gasteiger partial charge is 0.137 e. The van der Waals surface area contributed by atoms with Crippen molar-refractivity contribution in [3.8, 4) is 5.75 Å². The van der Waals surface area contributed by atoms with Crippen LogP contribution in [0, 0.1) is 12.8 Å². The standard InChI is InChI=1S/C25H31N3O2/c1-3-29-23-9-7-20(8-10-23)17-28(18-21-11-13-26-14-12-21)25-6-4-5-22(25)16-24-15-19(2)27-30-24/h7-15,22,25H,3-6,16-18H2,1-2H3/t22-,25+/m0/s1. The lowest BCUT2D eigenvalue weighted by molar-refractivity contribution is 0.138. The molecular formula is C25H31N3O2. The number of pyridine rings is 1. The zero-order valence-corrected chi connectivity index (χ0v) is 18.0. The molecule has 3 aromatic rings. The first kappa shape index (κ1) is 20.6. The fraction of sp³-hybridized carbons (Fsp3) is 0.440. The number of nitrogens with zero attached hydrogens (tertiary/aromatic N) is 3. The molecule has 1 aliphatic rings. The van der Waals surface area contributed by atoms with Gasteiger partial charge in [-0.1, -0.05) is 23.7 Å². The normalized spacial score (nSPS) is 18.8. The van der Waals surface area contributed by atoms with Crippen LogP contribution in [0.15, 0.2) is 59.4 Å². The van der Waals surface area contributed by atoms with Gasteiger partial charge in [-0.3, -0.25) is 9.88 Å². The summed E-state index contributed by atoms with van der Waals surface area (Å²) >= 11 is 0. The van der Waals surface area contributed by atoms with Gasteiger partial charge in [0.15, 0.2) is 0 Å². The van der Waals surface area contributed by atoms with Crippen LogP contribution in [0.25, 0.3) is 0 Å². The molecular weight excluding hydrogens is 374 g/mol. The number of ether oxygens (including phenoxy) is 1. The van der Waals surface area contributed by atoms with Crippen molar-refractivity contribution in [2.45, 2.75) is 58.7 Å². The molecule has 2 atom stereocenters. The fourth-order valence-corrected chi connectivity index (χ4v) is 4.61. The quantitative estimate of drug-likeness (QED) is 0.490. The minimum absolute atomic E-state index is 0.523. The topological polar surface area (TPSA) is 51.4 Å². The zero-order chi connectivity index (χ0) is 20.8. The van der Waals surface area contributed by atoms with E-state index in [1.165, 1.54) is 30.4 Å². The Morgan fingerprint density at radius 1 is 1.03 bits per heavy atom. The lowest BCUT2D eigenvalue weighted by Gasteiger charge is -2.33. The molecule has 5 nitrogen and oxygen atoms in total. The Kier molecular flexibility index (Phi) is 6.80. The van der Waals surface area contributed by atoms with E-state index in [0.717, 1.165) is 36.7 Å². The van der Waals surface area contributed by atoms with Crippen LogP contribution in [0.5, 0.6) is 5.75 Å². The first-order valence-corrected chi connectivity index (χ1v) is 11.0. The third kappa shape index (κ3) is 5.28. The Balaban J connectivity index is 1.52. The predicted octanol–water partition coefficient (Wildman–Crippen LogP) is 5.19. The second-order valence-corrected chi connectivity index (χ2v) is 8.23. The van der Waals surface area contributed by atoms with Gasteiger partial charge in [0.05, 0.1) is 12.3 Å². The molecule has 4 rings (SSSR count). The van der Waals surface area contributed by atoms with E-state index in [2.05, 4.69) is 57.5 Å². The minimum atomic E-state index is 0.523. The highest BCUT2D eigenvalue weighted by molar-refractivity contribution is 5.27. The van der Waals surface area contributed by atoms with Crippen molar-refractivity contribution >= 4 is 0 Å². The highest BCUT2D eigenvalue weighted by Crippen LogP contribution is 2.34. The average molecular weight is 406 g/mol. The molecule has 1 aromatic carbocycles. The third-order valence-corrected chi connectivity index (χ3v) is 5.98. The lowest BCUT2D eigenvalue weighted by atomic mass is 9.95. The monoisotopic (exact) mass is 405 g/mol. The molecule has 2 aromatic heterocycles. The molecule has 0 radical (unpaired) electrons. The van der Waals surface area contributed by atoms with E-state index in [1.54, 1.807) is 0 Å². The summed E-state index contributed by atoms with van der Waals surface area (Å²) in [5, 5.41) is 4.08. The summed E-state index contributed by atoms with van der Waals surface area (Å²) < 4.78 is 11.1. The summed E-state index contributed by atoms with van der Waals surface area (Å²) in [4.78, 5) is 6.81. The lowest BCUT2D eigenvalue weighted by Crippen LogP contribution is -2.37. The Morgan fingerprint density at radius 3 is 2.43 bits per heavy atom. The number of benzene rings is 1. The molecule has 5 heteroatoms. The number of aryl methyl sites for hydroxylation is 1. The fourth-order valence-electron chi connectivity index (χ4n) is 4.61. The molecule has 1 aliphatic carbocycles. The Bertz CT molecular complexity index is 908. The van der Waals surface area contributed by atoms with Gasteiger partial charge in [0.2, 0.25) is 0 Å². The summed E-state index contributed by atoms with van der Waals surface area (Å²) in [6.45, 7) is 6.54. The molecule has 1 saturated carbocycles. The van der Waals surface area contributed by atoms with Crippen LogP contribution in [0.1, 0.15) is 48.8 Å². The van der Waals surface area contributed by atoms with E-state index in [-0.39, 0.29) is 0 Å². The van der Waals surface area contributed by atoms with E-state index >= 15 is 0 Å². The van der Waals surface area contributed by atoms with Crippen molar-refractivity contribution < 1.29 is 9.26 Å². The summed E-state index contributed by atoms with van der Waals surface area (Å²) in [5.41, 5.74) is 3.58. The molecule has 1 fully saturated rings.